The zero-order valence-corrected chi connectivity index (χ0v) is 26.7. The van der Waals surface area contributed by atoms with E-state index in [1.807, 2.05) is 72.8 Å². The molecule has 10 nitrogen and oxygen atoms in total. The molecule has 1 spiro atoms. The number of carbonyl (C=O) groups is 6. The molecule has 2 aliphatic heterocycles. The largest absolute Gasteiger partial charge is 0.478 e. The van der Waals surface area contributed by atoms with Gasteiger partial charge in [-0.3, -0.25) is 29.0 Å². The molecule has 12 heteroatoms. The summed E-state index contributed by atoms with van der Waals surface area (Å²) in [4.78, 5) is 65.3. The van der Waals surface area contributed by atoms with Crippen LogP contribution in [-0.4, -0.2) is 69.7 Å². The molecule has 2 radical (unpaired) electrons. The van der Waals surface area contributed by atoms with Crippen molar-refractivity contribution in [3.8, 4) is 0 Å². The number of hydrogen-bond donors (Lipinski definition) is 2. The predicted molar refractivity (Wildman–Crippen MR) is 149 cm³/mol. The first-order valence-corrected chi connectivity index (χ1v) is 10.9. The van der Waals surface area contributed by atoms with Gasteiger partial charge in [-0.15, -0.1) is 0 Å². The van der Waals surface area contributed by atoms with Gasteiger partial charge in [-0.25, -0.2) is 9.59 Å². The molecule has 222 valence electrons. The van der Waals surface area contributed by atoms with Gasteiger partial charge in [-0.2, -0.15) is 0 Å². The van der Waals surface area contributed by atoms with Crippen LogP contribution >= 0.6 is 0 Å². The number of hydrogen-bond acceptors (Lipinski definition) is 6. The monoisotopic (exact) mass is 642 g/mol. The average molecular weight is 643 g/mol. The summed E-state index contributed by atoms with van der Waals surface area (Å²) in [5.41, 5.74) is -1.98. The number of carboxylic acid groups (broad SMARTS) is 2. The van der Waals surface area contributed by atoms with E-state index in [0.717, 1.165) is 22.0 Å². The Labute approximate surface area is 265 Å². The molecule has 2 N–H and O–H groups in total. The predicted octanol–water partition coefficient (Wildman–Crippen LogP) is 3.53. The summed E-state index contributed by atoms with van der Waals surface area (Å²) in [6, 6.07) is 24.0. The average Bonchev–Trinajstić information content (AvgIpc) is 2.91. The second-order valence-corrected chi connectivity index (χ2v) is 7.07. The quantitative estimate of drug-likeness (QED) is 0.219. The van der Waals surface area contributed by atoms with E-state index in [2.05, 4.69) is 0 Å². The second kappa shape index (κ2) is 25.3. The number of imide groups is 2. The SMILES string of the molecule is CC=CC(=O)O.CC=CC(=O)O.CN1C(=O)C2(C1=O)C(=O)N(C)C2=O.[CH3-].[CH3-].[V].[V].c1ccccc1.c1ccccc1. The first-order valence-electron chi connectivity index (χ1n) is 10.9. The second-order valence-electron chi connectivity index (χ2n) is 7.07. The van der Waals surface area contributed by atoms with Gasteiger partial charge in [0.2, 0.25) is 0 Å². The van der Waals surface area contributed by atoms with Gasteiger partial charge in [0.15, 0.2) is 0 Å². The van der Waals surface area contributed by atoms with Crippen LogP contribution in [0, 0.1) is 20.3 Å². The number of aliphatic carboxylic acids is 2. The molecule has 0 bridgehead atoms. The molecule has 2 aromatic carbocycles. The third-order valence-corrected chi connectivity index (χ3v) is 4.45. The number of nitrogens with zero attached hydrogens (tertiary/aromatic N) is 2. The van der Waals surface area contributed by atoms with Gasteiger partial charge in [0.1, 0.15) is 0 Å². The van der Waals surface area contributed by atoms with Crippen molar-refractivity contribution in [2.75, 3.05) is 14.1 Å². The Morgan fingerprint density at radius 3 is 0.829 bits per heavy atom. The van der Waals surface area contributed by atoms with Crippen molar-refractivity contribution in [1.82, 2.24) is 9.80 Å². The minimum atomic E-state index is -1.98. The summed E-state index contributed by atoms with van der Waals surface area (Å²) in [6.07, 6.45) is 5.12. The van der Waals surface area contributed by atoms with Gasteiger partial charge in [0.25, 0.3) is 29.0 Å². The molecule has 0 aromatic heterocycles. The molecule has 2 heterocycles. The molecular formula is C29H36N2O8V2-2. The normalized spacial score (nSPS) is 13.1. The van der Waals surface area contributed by atoms with E-state index in [-0.39, 0.29) is 52.0 Å². The van der Waals surface area contributed by atoms with Crippen LogP contribution in [0.1, 0.15) is 13.8 Å². The summed E-state index contributed by atoms with van der Waals surface area (Å²) in [6.45, 7) is 3.32. The van der Waals surface area contributed by atoms with Gasteiger partial charge < -0.3 is 25.1 Å². The van der Waals surface area contributed by atoms with Crippen molar-refractivity contribution in [3.05, 3.63) is 112 Å². The molecule has 0 unspecified atom stereocenters. The Bertz CT molecular complexity index is 946. The third kappa shape index (κ3) is 14.5. The van der Waals surface area contributed by atoms with Crippen LogP contribution in [0.2, 0.25) is 0 Å². The summed E-state index contributed by atoms with van der Waals surface area (Å²) in [5.74, 6) is -4.65. The maximum absolute atomic E-state index is 11.2. The molecule has 4 rings (SSSR count). The molecule has 0 aliphatic carbocycles. The van der Waals surface area contributed by atoms with Crippen LogP contribution in [0.4, 0.5) is 0 Å². The van der Waals surface area contributed by atoms with Crippen molar-refractivity contribution in [1.29, 1.82) is 0 Å². The number of carboxylic acids is 2. The maximum atomic E-state index is 11.2. The number of β-lactam (4-membered cyclic amide) rings is 4. The van der Waals surface area contributed by atoms with E-state index in [1.54, 1.807) is 13.8 Å². The van der Waals surface area contributed by atoms with Gasteiger partial charge in [-0.05, 0) is 13.8 Å². The van der Waals surface area contributed by atoms with E-state index in [9.17, 15) is 28.8 Å². The molecule has 2 saturated heterocycles. The topological polar surface area (TPSA) is 149 Å². The van der Waals surface area contributed by atoms with Crippen LogP contribution in [0.25, 0.3) is 0 Å². The van der Waals surface area contributed by atoms with Gasteiger partial charge in [-0.1, -0.05) is 84.9 Å². The number of rotatable bonds is 2. The number of likely N-dealkylation sites (tertiary alicyclic amines) is 2. The smallest absolute Gasteiger partial charge is 0.327 e. The summed E-state index contributed by atoms with van der Waals surface area (Å²) < 4.78 is 0. The van der Waals surface area contributed by atoms with Gasteiger partial charge in [0, 0.05) is 63.4 Å². The maximum Gasteiger partial charge on any atom is 0.327 e. The minimum absolute atomic E-state index is 0. The zero-order valence-electron chi connectivity index (χ0n) is 23.9. The van der Waals surface area contributed by atoms with E-state index in [4.69, 9.17) is 10.2 Å². The summed E-state index contributed by atoms with van der Waals surface area (Å²) in [7, 11) is 2.49. The van der Waals surface area contributed by atoms with Gasteiger partial charge >= 0.3 is 11.9 Å². The standard InChI is InChI=1S/C7H6N2O4.2C6H6.2C4H6O2.2CH3.2V/c1-8-3(10)7(4(8)11)5(12)9(2)6(7)13;2*1-2-4-6-5-3-1;2*1-2-3-4(5)6;;;;/h1-2H3;2*1-6H;2*2-3H,1H3,(H,5,6);2*1H3;;/q;;;;;2*-1;;. The molecule has 4 amide bonds. The van der Waals surface area contributed by atoms with Crippen LogP contribution in [0.15, 0.2) is 97.1 Å². The van der Waals surface area contributed by atoms with Crippen molar-refractivity contribution in [2.45, 2.75) is 13.8 Å². The van der Waals surface area contributed by atoms with Crippen molar-refractivity contribution in [2.24, 2.45) is 5.41 Å². The van der Waals surface area contributed by atoms with E-state index in [1.165, 1.54) is 26.2 Å². The molecule has 0 saturated carbocycles. The molecular weight excluding hydrogens is 606 g/mol. The molecule has 2 aliphatic rings. The number of benzene rings is 2. The first-order chi connectivity index (χ1) is 17.5. The Morgan fingerprint density at radius 2 is 0.732 bits per heavy atom. The van der Waals surface area contributed by atoms with Crippen molar-refractivity contribution < 1.29 is 76.1 Å². The molecule has 41 heavy (non-hydrogen) atoms. The fraction of sp³-hybridized carbons (Fsp3) is 0.172. The van der Waals surface area contributed by atoms with E-state index in [0.29, 0.717) is 0 Å². The van der Waals surface area contributed by atoms with Crippen LogP contribution < -0.4 is 0 Å². The summed E-state index contributed by atoms with van der Waals surface area (Å²) in [5, 5.41) is 15.7. The van der Waals surface area contributed by atoms with Crippen molar-refractivity contribution >= 4 is 35.6 Å². The van der Waals surface area contributed by atoms with E-state index >= 15 is 0 Å². The van der Waals surface area contributed by atoms with Crippen LogP contribution in [0.3, 0.4) is 0 Å². The Morgan fingerprint density at radius 1 is 0.561 bits per heavy atom. The number of carbonyl (C=O) groups excluding carboxylic acids is 4. The third-order valence-electron chi connectivity index (χ3n) is 4.45. The number of amides is 4. The molecule has 2 aromatic rings. The minimum Gasteiger partial charge on any atom is -0.478 e. The fourth-order valence-corrected chi connectivity index (χ4v) is 2.69. The van der Waals surface area contributed by atoms with Crippen LogP contribution in [-0.2, 0) is 65.9 Å². The number of allylic oxidation sites excluding steroid dienone is 2. The van der Waals surface area contributed by atoms with Crippen LogP contribution in [0.5, 0.6) is 0 Å². The molecule has 0 atom stereocenters. The fourth-order valence-electron chi connectivity index (χ4n) is 2.69. The van der Waals surface area contributed by atoms with Gasteiger partial charge in [0.05, 0.1) is 0 Å². The Balaban J connectivity index is -0.000000135. The Hall–Kier alpha value is -3.69. The summed E-state index contributed by atoms with van der Waals surface area (Å²) >= 11 is 0. The molecule has 2 fully saturated rings. The zero-order chi connectivity index (χ0) is 28.4. The first kappa shape index (κ1) is 47.1. The van der Waals surface area contributed by atoms with E-state index < -0.39 is 41.0 Å². The van der Waals surface area contributed by atoms with Crippen molar-refractivity contribution in [3.63, 3.8) is 0 Å². The Kier molecular flexibility index (Phi) is 29.1.